The van der Waals surface area contributed by atoms with E-state index in [0.717, 1.165) is 37.2 Å². The van der Waals surface area contributed by atoms with Crippen molar-refractivity contribution in [2.45, 2.75) is 36.9 Å². The van der Waals surface area contributed by atoms with Gasteiger partial charge in [0, 0.05) is 37.1 Å². The van der Waals surface area contributed by atoms with Gasteiger partial charge in [0.2, 0.25) is 11.4 Å². The number of benzene rings is 2. The molecule has 2 aromatic carbocycles. The second kappa shape index (κ2) is 15.1. The molecule has 0 aliphatic carbocycles. The SMILES string of the molecule is COc1ccc(C=CC=Cc2cc[n+]3c(c2)-c2c(ccc4c2-c2cccc[n+]2CC4)CC3)cc1.O=S(=O)([O-])C(F)(F)F.O=S(=O)([O-])C(F)(F)F. The Bertz CT molecular complexity index is 2090. The fraction of sp³-hybridized carbons (Fsp3) is 0.212. The first-order chi connectivity index (χ1) is 23.3. The van der Waals surface area contributed by atoms with Gasteiger partial charge in [-0.3, -0.25) is 0 Å². The van der Waals surface area contributed by atoms with Crippen molar-refractivity contribution in [1.29, 1.82) is 0 Å². The van der Waals surface area contributed by atoms with Crippen LogP contribution in [0, 0.1) is 0 Å². The molecule has 9 nitrogen and oxygen atoms in total. The minimum absolute atomic E-state index is 0.878. The lowest BCUT2D eigenvalue weighted by molar-refractivity contribution is -0.689. The summed E-state index contributed by atoms with van der Waals surface area (Å²) in [4.78, 5) is 0. The highest BCUT2D eigenvalue weighted by Gasteiger charge is 2.37. The Balaban J connectivity index is 0.000000294. The Kier molecular flexibility index (Phi) is 11.6. The van der Waals surface area contributed by atoms with Crippen LogP contribution < -0.4 is 13.9 Å². The van der Waals surface area contributed by atoms with Gasteiger partial charge in [-0.25, -0.2) is 16.8 Å². The van der Waals surface area contributed by atoms with Gasteiger partial charge in [-0.05, 0) is 40.5 Å². The molecule has 2 aromatic heterocycles. The maximum Gasteiger partial charge on any atom is 0.485 e. The molecule has 0 amide bonds. The van der Waals surface area contributed by atoms with Crippen LogP contribution in [0.25, 0.3) is 34.7 Å². The van der Waals surface area contributed by atoms with Crippen LogP contribution in [0.1, 0.15) is 22.3 Å². The van der Waals surface area contributed by atoms with E-state index in [1.807, 2.05) is 12.1 Å². The van der Waals surface area contributed by atoms with Gasteiger partial charge in [0.15, 0.2) is 45.7 Å². The summed E-state index contributed by atoms with van der Waals surface area (Å²) in [6, 6.07) is 23.9. The zero-order valence-corrected chi connectivity index (χ0v) is 27.6. The van der Waals surface area contributed by atoms with E-state index in [0.29, 0.717) is 0 Å². The summed E-state index contributed by atoms with van der Waals surface area (Å²) in [6.45, 7) is 2.07. The summed E-state index contributed by atoms with van der Waals surface area (Å²) in [5.41, 5.74) is -0.533. The van der Waals surface area contributed by atoms with Crippen molar-refractivity contribution in [2.75, 3.05) is 7.11 Å². The molecule has 0 N–H and O–H groups in total. The number of hydrogen-bond acceptors (Lipinski definition) is 7. The topological polar surface area (TPSA) is 131 Å². The van der Waals surface area contributed by atoms with Gasteiger partial charge in [0.05, 0.1) is 18.2 Å². The first-order valence-corrected chi connectivity index (χ1v) is 17.3. The molecule has 50 heavy (non-hydrogen) atoms. The van der Waals surface area contributed by atoms with Crippen molar-refractivity contribution >= 4 is 32.4 Å². The van der Waals surface area contributed by atoms with Crippen molar-refractivity contribution in [3.8, 4) is 28.3 Å². The molecule has 0 bridgehead atoms. The van der Waals surface area contributed by atoms with Gasteiger partial charge < -0.3 is 13.8 Å². The van der Waals surface area contributed by atoms with Crippen LogP contribution in [0.15, 0.2) is 91.3 Å². The lowest BCUT2D eigenvalue weighted by Gasteiger charge is -2.22. The molecule has 0 spiro atoms. The first-order valence-electron chi connectivity index (χ1n) is 14.5. The summed E-state index contributed by atoms with van der Waals surface area (Å²) < 4.78 is 128. The maximum atomic E-state index is 10.7. The summed E-state index contributed by atoms with van der Waals surface area (Å²) in [5.74, 6) is 0.878. The number of halogens is 6. The predicted octanol–water partition coefficient (Wildman–Crippen LogP) is 5.55. The van der Waals surface area contributed by atoms with E-state index in [1.54, 1.807) is 7.11 Å². The van der Waals surface area contributed by atoms with E-state index in [4.69, 9.17) is 30.7 Å². The second-order valence-electron chi connectivity index (χ2n) is 10.7. The van der Waals surface area contributed by atoms with E-state index in [9.17, 15) is 26.3 Å². The fourth-order valence-corrected chi connectivity index (χ4v) is 5.18. The van der Waals surface area contributed by atoms with Crippen molar-refractivity contribution in [2.24, 2.45) is 0 Å². The van der Waals surface area contributed by atoms with Gasteiger partial charge in [-0.15, -0.1) is 0 Å². The summed E-state index contributed by atoms with van der Waals surface area (Å²) in [5, 5.41) is 0. The Morgan fingerprint density at radius 2 is 1.14 bits per heavy atom. The third kappa shape index (κ3) is 9.35. The van der Waals surface area contributed by atoms with E-state index in [1.165, 1.54) is 39.2 Å². The number of hydrogen-bond donors (Lipinski definition) is 0. The molecule has 0 saturated heterocycles. The average Bonchev–Trinajstić information content (AvgIpc) is 3.05. The number of aryl methyl sites for hydroxylation is 4. The smallest absolute Gasteiger partial charge is 0.485 e. The van der Waals surface area contributed by atoms with Crippen LogP contribution in [-0.2, 0) is 46.2 Å². The van der Waals surface area contributed by atoms with E-state index in [2.05, 4.69) is 100 Å². The number of allylic oxidation sites excluding steroid dienone is 2. The summed E-state index contributed by atoms with van der Waals surface area (Å²) >= 11 is 0. The molecule has 2 aliphatic heterocycles. The number of fused-ring (bicyclic) bond motifs is 7. The number of methoxy groups -OCH3 is 1. The minimum Gasteiger partial charge on any atom is -0.741 e. The zero-order chi connectivity index (χ0) is 36.9. The van der Waals surface area contributed by atoms with Crippen molar-refractivity contribution < 1.29 is 66.2 Å². The van der Waals surface area contributed by atoms with Gasteiger partial charge >= 0.3 is 11.0 Å². The molecule has 2 aliphatic rings. The molecule has 4 heterocycles. The van der Waals surface area contributed by atoms with Crippen LogP contribution in [0.2, 0.25) is 0 Å². The lowest BCUT2D eigenvalue weighted by Crippen LogP contribution is -2.43. The molecule has 266 valence electrons. The Morgan fingerprint density at radius 3 is 1.64 bits per heavy atom. The highest BCUT2D eigenvalue weighted by molar-refractivity contribution is 7.86. The monoisotopic (exact) mass is 742 g/mol. The number of rotatable bonds is 4. The summed E-state index contributed by atoms with van der Waals surface area (Å²) in [7, 11) is -10.5. The van der Waals surface area contributed by atoms with Gasteiger partial charge in [-0.1, -0.05) is 48.6 Å². The molecule has 0 saturated carbocycles. The third-order valence-electron chi connectivity index (χ3n) is 7.51. The zero-order valence-electron chi connectivity index (χ0n) is 26.0. The number of alkyl halides is 6. The second-order valence-corrected chi connectivity index (χ2v) is 13.5. The van der Waals surface area contributed by atoms with Crippen LogP contribution in [0.4, 0.5) is 26.3 Å². The van der Waals surface area contributed by atoms with E-state index >= 15 is 0 Å². The Hall–Kier alpha value is -4.58. The Morgan fingerprint density at radius 1 is 0.660 bits per heavy atom. The van der Waals surface area contributed by atoms with Gasteiger partial charge in [0.25, 0.3) is 0 Å². The number of pyridine rings is 2. The highest BCUT2D eigenvalue weighted by atomic mass is 32.2. The number of ether oxygens (including phenoxy) is 1. The standard InChI is InChI=1S/C31H28N2O.2CHF3O3S/c1-34-27-13-9-23(10-14-27)6-2-3-7-24-15-19-33-21-17-26-12-11-25-16-20-32-18-5-4-8-28(32)30(25)31(26)29(33)22-24;2*2-1(3,4)8(5,6)7/h2-15,18-19,22H,16-17,20-21H2,1H3;2*(H,5,6,7)/q+2;;/p-2. The summed E-state index contributed by atoms with van der Waals surface area (Å²) in [6.07, 6.45) is 15.1. The van der Waals surface area contributed by atoms with Crippen LogP contribution in [0.3, 0.4) is 0 Å². The number of aromatic nitrogens is 2. The highest BCUT2D eigenvalue weighted by Crippen LogP contribution is 2.39. The average molecular weight is 743 g/mol. The molecule has 0 fully saturated rings. The van der Waals surface area contributed by atoms with E-state index in [-0.39, 0.29) is 0 Å². The van der Waals surface area contributed by atoms with Gasteiger partial charge in [-0.2, -0.15) is 35.5 Å². The molecule has 6 rings (SSSR count). The molecule has 0 radical (unpaired) electrons. The van der Waals surface area contributed by atoms with Crippen LogP contribution in [-0.4, -0.2) is 44.1 Å². The largest absolute Gasteiger partial charge is 0.741 e. The van der Waals surface area contributed by atoms with Crippen molar-refractivity contribution in [3.05, 3.63) is 114 Å². The maximum absolute atomic E-state index is 10.7. The fourth-order valence-electron chi connectivity index (χ4n) is 5.18. The molecule has 4 aromatic rings. The predicted molar refractivity (Wildman–Crippen MR) is 168 cm³/mol. The van der Waals surface area contributed by atoms with Crippen LogP contribution >= 0.6 is 0 Å². The minimum atomic E-state index is -6.09. The molecular weight excluding hydrogens is 714 g/mol. The van der Waals surface area contributed by atoms with Crippen molar-refractivity contribution in [3.63, 3.8) is 0 Å². The molecule has 0 unspecified atom stereocenters. The molecular formula is C33H28F6N2O7S2. The molecule has 0 atom stereocenters. The molecule has 17 heteroatoms. The van der Waals surface area contributed by atoms with Gasteiger partial charge in [0.1, 0.15) is 5.75 Å². The quantitative estimate of drug-likeness (QED) is 0.0882. The normalized spacial score (nSPS) is 13.9. The number of nitrogens with zero attached hydrogens (tertiary/aromatic N) is 2. The van der Waals surface area contributed by atoms with E-state index < -0.39 is 31.3 Å². The van der Waals surface area contributed by atoms with Crippen LogP contribution in [0.5, 0.6) is 5.75 Å². The lowest BCUT2D eigenvalue weighted by atomic mass is 9.85. The van der Waals surface area contributed by atoms with Crippen molar-refractivity contribution in [1.82, 2.24) is 0 Å². The Labute approximate surface area is 283 Å². The third-order valence-corrected chi connectivity index (χ3v) is 8.64. The first kappa shape index (κ1) is 38.2.